The van der Waals surface area contributed by atoms with Gasteiger partial charge in [-0.3, -0.25) is 9.69 Å². The van der Waals surface area contributed by atoms with Crippen molar-refractivity contribution < 1.29 is 22.8 Å². The molecule has 0 aromatic heterocycles. The second-order valence-corrected chi connectivity index (χ2v) is 7.24. The average molecular weight is 378 g/mol. The van der Waals surface area contributed by atoms with Crippen molar-refractivity contribution in [2.24, 2.45) is 5.92 Å². The van der Waals surface area contributed by atoms with Crippen LogP contribution in [0.5, 0.6) is 0 Å². The molecule has 2 rings (SSSR count). The molecule has 2 fully saturated rings. The fraction of sp³-hybridized carbons (Fsp3) is 0.882. The Bertz CT molecular complexity index is 473. The van der Waals surface area contributed by atoms with Crippen molar-refractivity contribution in [3.05, 3.63) is 0 Å². The Balaban J connectivity index is 1.60. The van der Waals surface area contributed by atoms with Gasteiger partial charge in [0.25, 0.3) is 0 Å². The van der Waals surface area contributed by atoms with Crippen molar-refractivity contribution in [2.45, 2.75) is 38.3 Å². The summed E-state index contributed by atoms with van der Waals surface area (Å²) in [5.41, 5.74) is 0. The van der Waals surface area contributed by atoms with E-state index in [1.165, 1.54) is 11.9 Å². The van der Waals surface area contributed by atoms with Crippen LogP contribution >= 0.6 is 0 Å². The van der Waals surface area contributed by atoms with Crippen molar-refractivity contribution >= 4 is 11.9 Å². The Labute approximate surface area is 152 Å². The zero-order chi connectivity index (χ0) is 19.2. The first-order valence-electron chi connectivity index (χ1n) is 9.33. The number of piperidine rings is 1. The molecule has 0 atom stereocenters. The second kappa shape index (κ2) is 9.43. The third kappa shape index (κ3) is 6.66. The highest BCUT2D eigenvalue weighted by molar-refractivity contribution is 5.79. The summed E-state index contributed by atoms with van der Waals surface area (Å²) >= 11 is 0. The fourth-order valence-corrected chi connectivity index (χ4v) is 3.53. The van der Waals surface area contributed by atoms with Gasteiger partial charge in [0.05, 0.1) is 6.54 Å². The van der Waals surface area contributed by atoms with Crippen LogP contribution in [0.15, 0.2) is 0 Å². The van der Waals surface area contributed by atoms with Crippen molar-refractivity contribution in [2.75, 3.05) is 52.9 Å². The number of hydrogen-bond acceptors (Lipinski definition) is 3. The number of nitrogens with one attached hydrogen (secondary N) is 1. The highest BCUT2D eigenvalue weighted by atomic mass is 19.4. The molecule has 0 saturated carbocycles. The Morgan fingerprint density at radius 1 is 1.08 bits per heavy atom. The van der Waals surface area contributed by atoms with E-state index in [4.69, 9.17) is 0 Å². The Morgan fingerprint density at radius 3 is 2.23 bits per heavy atom. The molecule has 0 aliphatic carbocycles. The number of amides is 3. The highest BCUT2D eigenvalue weighted by Crippen LogP contribution is 2.20. The highest BCUT2D eigenvalue weighted by Gasteiger charge is 2.31. The van der Waals surface area contributed by atoms with Gasteiger partial charge in [-0.05, 0) is 45.7 Å². The third-order valence-electron chi connectivity index (χ3n) is 4.98. The molecule has 0 bridgehead atoms. The Morgan fingerprint density at radius 2 is 1.65 bits per heavy atom. The van der Waals surface area contributed by atoms with Crippen LogP contribution in [0.3, 0.4) is 0 Å². The first-order valence-corrected chi connectivity index (χ1v) is 9.33. The topological polar surface area (TPSA) is 55.9 Å². The number of likely N-dealkylation sites (tertiary alicyclic amines) is 2. The first kappa shape index (κ1) is 20.8. The lowest BCUT2D eigenvalue weighted by Crippen LogP contribution is -2.47. The number of urea groups is 1. The minimum Gasteiger partial charge on any atom is -0.356 e. The fourth-order valence-electron chi connectivity index (χ4n) is 3.53. The maximum absolute atomic E-state index is 12.3. The van der Waals surface area contributed by atoms with Crippen LogP contribution in [0.2, 0.25) is 0 Å². The lowest BCUT2D eigenvalue weighted by Gasteiger charge is -2.34. The summed E-state index contributed by atoms with van der Waals surface area (Å²) in [6.45, 7) is 2.52. The molecule has 0 spiro atoms. The maximum Gasteiger partial charge on any atom is 0.401 e. The standard InChI is InChI=1S/C17H29F3N4O2/c1-22(13-17(18,19)20)8-4-7-21-15(25)14-5-11-24(12-6-14)16(26)23-9-2-3-10-23/h14H,2-13H2,1H3,(H,21,25). The average Bonchev–Trinajstić information content (AvgIpc) is 3.11. The van der Waals surface area contributed by atoms with Crippen LogP contribution < -0.4 is 5.32 Å². The van der Waals surface area contributed by atoms with E-state index < -0.39 is 12.7 Å². The van der Waals surface area contributed by atoms with Crippen molar-refractivity contribution in [1.29, 1.82) is 0 Å². The summed E-state index contributed by atoms with van der Waals surface area (Å²) in [5, 5.41) is 2.81. The molecular weight excluding hydrogens is 349 g/mol. The summed E-state index contributed by atoms with van der Waals surface area (Å²) in [5.74, 6) is -0.178. The van der Waals surface area contributed by atoms with E-state index in [9.17, 15) is 22.8 Å². The second-order valence-electron chi connectivity index (χ2n) is 7.24. The van der Waals surface area contributed by atoms with Crippen molar-refractivity contribution in [3.63, 3.8) is 0 Å². The van der Waals surface area contributed by atoms with Crippen LogP contribution in [0.25, 0.3) is 0 Å². The molecule has 26 heavy (non-hydrogen) atoms. The van der Waals surface area contributed by atoms with Gasteiger partial charge in [-0.1, -0.05) is 0 Å². The van der Waals surface area contributed by atoms with Gasteiger partial charge in [-0.25, -0.2) is 4.79 Å². The molecule has 9 heteroatoms. The summed E-state index contributed by atoms with van der Waals surface area (Å²) in [7, 11) is 1.42. The molecule has 0 aromatic carbocycles. The zero-order valence-electron chi connectivity index (χ0n) is 15.4. The van der Waals surface area contributed by atoms with Gasteiger partial charge in [0.2, 0.25) is 5.91 Å². The Kier molecular flexibility index (Phi) is 7.55. The van der Waals surface area contributed by atoms with Gasteiger partial charge in [-0.2, -0.15) is 13.2 Å². The van der Waals surface area contributed by atoms with E-state index in [0.29, 0.717) is 38.9 Å². The molecule has 0 unspecified atom stereocenters. The molecule has 2 saturated heterocycles. The SMILES string of the molecule is CN(CCCNC(=O)C1CCN(C(=O)N2CCCC2)CC1)CC(F)(F)F. The van der Waals surface area contributed by atoms with Crippen LogP contribution in [0, 0.1) is 5.92 Å². The van der Waals surface area contributed by atoms with Gasteiger partial charge >= 0.3 is 12.2 Å². The van der Waals surface area contributed by atoms with Crippen LogP contribution in [0.4, 0.5) is 18.0 Å². The van der Waals surface area contributed by atoms with Gasteiger partial charge in [0.1, 0.15) is 0 Å². The molecule has 0 aromatic rings. The maximum atomic E-state index is 12.3. The molecule has 2 heterocycles. The van der Waals surface area contributed by atoms with Crippen LogP contribution in [0.1, 0.15) is 32.1 Å². The largest absolute Gasteiger partial charge is 0.401 e. The monoisotopic (exact) mass is 378 g/mol. The summed E-state index contributed by atoms with van der Waals surface area (Å²) in [6, 6.07) is 0.0778. The van der Waals surface area contributed by atoms with E-state index in [1.54, 1.807) is 0 Å². The lowest BCUT2D eigenvalue weighted by atomic mass is 9.96. The predicted molar refractivity (Wildman–Crippen MR) is 91.7 cm³/mol. The number of alkyl halides is 3. The molecule has 0 radical (unpaired) electrons. The van der Waals surface area contributed by atoms with Gasteiger partial charge in [0.15, 0.2) is 0 Å². The van der Waals surface area contributed by atoms with E-state index >= 15 is 0 Å². The molecular formula is C17H29F3N4O2. The van der Waals surface area contributed by atoms with Crippen molar-refractivity contribution in [1.82, 2.24) is 20.0 Å². The smallest absolute Gasteiger partial charge is 0.356 e. The van der Waals surface area contributed by atoms with E-state index in [-0.39, 0.29) is 24.4 Å². The number of halogens is 3. The minimum atomic E-state index is -4.20. The first-order chi connectivity index (χ1) is 12.3. The minimum absolute atomic E-state index is 0.0586. The molecule has 2 aliphatic rings. The van der Waals surface area contributed by atoms with Crippen LogP contribution in [-0.4, -0.2) is 85.7 Å². The van der Waals surface area contributed by atoms with Crippen LogP contribution in [-0.2, 0) is 4.79 Å². The summed E-state index contributed by atoms with van der Waals surface area (Å²) in [4.78, 5) is 29.4. The number of carbonyl (C=O) groups is 2. The van der Waals surface area contributed by atoms with Crippen molar-refractivity contribution in [3.8, 4) is 0 Å². The molecule has 1 N–H and O–H groups in total. The van der Waals surface area contributed by atoms with E-state index in [2.05, 4.69) is 5.32 Å². The zero-order valence-corrected chi connectivity index (χ0v) is 15.4. The summed E-state index contributed by atoms with van der Waals surface area (Å²) in [6.07, 6.45) is -0.326. The quantitative estimate of drug-likeness (QED) is 0.719. The Hall–Kier alpha value is -1.51. The van der Waals surface area contributed by atoms with Gasteiger partial charge < -0.3 is 15.1 Å². The summed E-state index contributed by atoms with van der Waals surface area (Å²) < 4.78 is 36.7. The third-order valence-corrected chi connectivity index (χ3v) is 4.98. The lowest BCUT2D eigenvalue weighted by molar-refractivity contribution is -0.143. The van der Waals surface area contributed by atoms with Gasteiger partial charge in [0, 0.05) is 38.6 Å². The predicted octanol–water partition coefficient (Wildman–Crippen LogP) is 1.91. The molecule has 2 aliphatic heterocycles. The molecule has 3 amide bonds. The number of carbonyl (C=O) groups excluding carboxylic acids is 2. The number of hydrogen-bond donors (Lipinski definition) is 1. The van der Waals surface area contributed by atoms with E-state index in [1.807, 2.05) is 9.80 Å². The van der Waals surface area contributed by atoms with E-state index in [0.717, 1.165) is 25.9 Å². The van der Waals surface area contributed by atoms with Gasteiger partial charge in [-0.15, -0.1) is 0 Å². The molecule has 150 valence electrons. The number of rotatable bonds is 6. The number of nitrogens with zero attached hydrogens (tertiary/aromatic N) is 3. The normalized spacial score (nSPS) is 19.3. The molecule has 6 nitrogen and oxygen atoms in total.